The average Bonchev–Trinajstić information content (AvgIpc) is 3.31. The van der Waals surface area contributed by atoms with Crippen LogP contribution in [0.2, 0.25) is 0 Å². The molecule has 0 spiro atoms. The Morgan fingerprint density at radius 1 is 0.446 bits per heavy atom. The number of carbonyl (C=O) groups is 2. The van der Waals surface area contributed by atoms with Crippen molar-refractivity contribution in [1.82, 2.24) is 5.32 Å². The number of allylic oxidation sites excluding steroid dienone is 9. The SMILES string of the molecule is CCCCC/C=C\C/C=C\CCCCCCCC(=O)OCCCCC/C=C\C=C/CCCCCCCCC(=O)NC(CO)C(O)/C=C/CCCCCCCCCCCCCCCCCC. The number of carbonyl (C=O) groups excluding carboxylic acids is 2. The molecule has 3 N–H and O–H groups in total. The molecule has 0 heterocycles. The standard InChI is InChI=1S/C59H107NO5/c1-3-5-7-9-11-13-15-17-19-20-21-24-27-31-35-39-43-47-51-57(62)56(55-61)60-58(63)52-48-44-40-36-32-28-25-22-26-30-34-38-42-46-50-54-65-59(64)53-49-45-41-37-33-29-23-18-16-14-12-10-8-6-4-2/h12,14,18,22-23,26,30,34,47,51,56-57,61-62H,3-11,13,15-17,19-21,24-25,27-29,31-33,35-46,48-50,52-55H2,1-2H3,(H,60,63)/b14-12-,23-18-,26-22-,34-30-,51-47+. The molecule has 0 aliphatic rings. The van der Waals surface area contributed by atoms with Crippen molar-refractivity contribution in [2.75, 3.05) is 13.2 Å². The molecule has 0 fully saturated rings. The predicted molar refractivity (Wildman–Crippen MR) is 282 cm³/mol. The fraction of sp³-hybridized carbons (Fsp3) is 0.797. The van der Waals surface area contributed by atoms with Gasteiger partial charge in [-0.25, -0.2) is 0 Å². The largest absolute Gasteiger partial charge is 0.466 e. The minimum absolute atomic E-state index is 0.0376. The van der Waals surface area contributed by atoms with E-state index in [0.717, 1.165) is 89.9 Å². The van der Waals surface area contributed by atoms with E-state index >= 15 is 0 Å². The number of hydrogen-bond donors (Lipinski definition) is 3. The van der Waals surface area contributed by atoms with E-state index in [1.807, 2.05) is 6.08 Å². The number of nitrogens with one attached hydrogen (secondary N) is 1. The van der Waals surface area contributed by atoms with Gasteiger partial charge < -0.3 is 20.3 Å². The van der Waals surface area contributed by atoms with Gasteiger partial charge in [-0.1, -0.05) is 229 Å². The minimum atomic E-state index is -0.861. The molecule has 0 aromatic heterocycles. The van der Waals surface area contributed by atoms with Crippen LogP contribution in [-0.2, 0) is 14.3 Å². The molecule has 2 atom stereocenters. The second-order valence-electron chi connectivity index (χ2n) is 18.9. The number of unbranched alkanes of at least 4 members (excludes halogenated alkanes) is 33. The first kappa shape index (κ1) is 62.6. The van der Waals surface area contributed by atoms with Crippen LogP contribution < -0.4 is 5.32 Å². The summed E-state index contributed by atoms with van der Waals surface area (Å²) in [6, 6.07) is -0.647. The molecule has 0 aromatic carbocycles. The molecule has 0 saturated heterocycles. The second kappa shape index (κ2) is 54.2. The van der Waals surface area contributed by atoms with Gasteiger partial charge in [0.15, 0.2) is 0 Å². The van der Waals surface area contributed by atoms with Crippen molar-refractivity contribution in [2.45, 2.75) is 289 Å². The van der Waals surface area contributed by atoms with Crippen LogP contribution in [0.5, 0.6) is 0 Å². The summed E-state index contributed by atoms with van der Waals surface area (Å²) in [4.78, 5) is 24.5. The molecule has 0 bridgehead atoms. The van der Waals surface area contributed by atoms with Gasteiger partial charge >= 0.3 is 5.97 Å². The van der Waals surface area contributed by atoms with Crippen molar-refractivity contribution in [1.29, 1.82) is 0 Å². The molecule has 0 radical (unpaired) electrons. The molecule has 1 amide bonds. The summed E-state index contributed by atoms with van der Waals surface area (Å²) in [5.41, 5.74) is 0. The van der Waals surface area contributed by atoms with Crippen molar-refractivity contribution >= 4 is 11.9 Å². The highest BCUT2D eigenvalue weighted by Crippen LogP contribution is 2.15. The molecule has 378 valence electrons. The van der Waals surface area contributed by atoms with Gasteiger partial charge in [-0.15, -0.1) is 0 Å². The zero-order chi connectivity index (χ0) is 47.2. The van der Waals surface area contributed by atoms with E-state index in [2.05, 4.69) is 67.8 Å². The van der Waals surface area contributed by atoms with E-state index < -0.39 is 12.1 Å². The molecular weight excluding hydrogens is 803 g/mol. The average molecular weight is 911 g/mol. The highest BCUT2D eigenvalue weighted by atomic mass is 16.5. The maximum atomic E-state index is 12.5. The Hall–Kier alpha value is -2.44. The predicted octanol–water partition coefficient (Wildman–Crippen LogP) is 17.2. The van der Waals surface area contributed by atoms with E-state index in [4.69, 9.17) is 4.74 Å². The van der Waals surface area contributed by atoms with Crippen LogP contribution >= 0.6 is 0 Å². The molecule has 2 unspecified atom stereocenters. The number of ether oxygens (including phenoxy) is 1. The molecule has 0 aromatic rings. The summed E-state index contributed by atoms with van der Waals surface area (Å²) < 4.78 is 5.44. The smallest absolute Gasteiger partial charge is 0.305 e. The van der Waals surface area contributed by atoms with Gasteiger partial charge in [0.2, 0.25) is 5.91 Å². The lowest BCUT2D eigenvalue weighted by atomic mass is 10.0. The zero-order valence-corrected chi connectivity index (χ0v) is 43.0. The number of aliphatic hydroxyl groups is 2. The van der Waals surface area contributed by atoms with Gasteiger partial charge in [-0.3, -0.25) is 9.59 Å². The summed E-state index contributed by atoms with van der Waals surface area (Å²) >= 11 is 0. The highest BCUT2D eigenvalue weighted by Gasteiger charge is 2.18. The molecule has 6 heteroatoms. The van der Waals surface area contributed by atoms with E-state index in [-0.39, 0.29) is 18.5 Å². The fourth-order valence-corrected chi connectivity index (χ4v) is 8.18. The number of aliphatic hydroxyl groups excluding tert-OH is 2. The molecule has 0 rings (SSSR count). The van der Waals surface area contributed by atoms with Gasteiger partial charge in [-0.2, -0.15) is 0 Å². The van der Waals surface area contributed by atoms with Crippen LogP contribution in [0.4, 0.5) is 0 Å². The number of hydrogen-bond acceptors (Lipinski definition) is 5. The van der Waals surface area contributed by atoms with Gasteiger partial charge in [0, 0.05) is 12.8 Å². The molecule has 0 saturated carbocycles. The minimum Gasteiger partial charge on any atom is -0.466 e. The van der Waals surface area contributed by atoms with Crippen molar-refractivity contribution in [3.05, 3.63) is 60.8 Å². The molecule has 0 aliphatic carbocycles. The van der Waals surface area contributed by atoms with E-state index in [1.54, 1.807) is 6.08 Å². The van der Waals surface area contributed by atoms with Crippen molar-refractivity contribution < 1.29 is 24.5 Å². The highest BCUT2D eigenvalue weighted by molar-refractivity contribution is 5.76. The Morgan fingerprint density at radius 2 is 0.815 bits per heavy atom. The Bertz CT molecular complexity index is 1140. The van der Waals surface area contributed by atoms with Crippen molar-refractivity contribution in [2.24, 2.45) is 0 Å². The maximum absolute atomic E-state index is 12.5. The summed E-state index contributed by atoms with van der Waals surface area (Å²) in [7, 11) is 0. The summed E-state index contributed by atoms with van der Waals surface area (Å²) in [6.45, 7) is 4.81. The second-order valence-corrected chi connectivity index (χ2v) is 18.9. The molecule has 65 heavy (non-hydrogen) atoms. The van der Waals surface area contributed by atoms with Gasteiger partial charge in [0.25, 0.3) is 0 Å². The summed E-state index contributed by atoms with van der Waals surface area (Å²) in [5.74, 6) is -0.129. The normalized spacial score (nSPS) is 13.1. The Labute approximate surface area is 403 Å². The maximum Gasteiger partial charge on any atom is 0.305 e. The lowest BCUT2D eigenvalue weighted by Crippen LogP contribution is -2.45. The monoisotopic (exact) mass is 910 g/mol. The van der Waals surface area contributed by atoms with Crippen LogP contribution in [0.3, 0.4) is 0 Å². The van der Waals surface area contributed by atoms with E-state index in [1.165, 1.54) is 161 Å². The number of rotatable bonds is 51. The van der Waals surface area contributed by atoms with E-state index in [9.17, 15) is 19.8 Å². The van der Waals surface area contributed by atoms with Crippen molar-refractivity contribution in [3.8, 4) is 0 Å². The van der Waals surface area contributed by atoms with Crippen LogP contribution in [-0.4, -0.2) is 47.4 Å². The first-order valence-electron chi connectivity index (χ1n) is 28.1. The first-order valence-corrected chi connectivity index (χ1v) is 28.1. The fourth-order valence-electron chi connectivity index (χ4n) is 8.18. The lowest BCUT2D eigenvalue weighted by molar-refractivity contribution is -0.143. The van der Waals surface area contributed by atoms with Gasteiger partial charge in [0.05, 0.1) is 25.4 Å². The summed E-state index contributed by atoms with van der Waals surface area (Å²) in [5, 5.41) is 23.1. The van der Waals surface area contributed by atoms with Crippen LogP contribution in [0.1, 0.15) is 277 Å². The third-order valence-electron chi connectivity index (χ3n) is 12.5. The lowest BCUT2D eigenvalue weighted by Gasteiger charge is -2.20. The topological polar surface area (TPSA) is 95.9 Å². The Morgan fingerprint density at radius 3 is 1.29 bits per heavy atom. The Balaban J connectivity index is 3.57. The third-order valence-corrected chi connectivity index (χ3v) is 12.5. The third kappa shape index (κ3) is 50.8. The first-order chi connectivity index (χ1) is 32.0. The number of amides is 1. The zero-order valence-electron chi connectivity index (χ0n) is 43.0. The van der Waals surface area contributed by atoms with Gasteiger partial charge in [-0.05, 0) is 96.3 Å². The van der Waals surface area contributed by atoms with Crippen LogP contribution in [0.25, 0.3) is 0 Å². The van der Waals surface area contributed by atoms with E-state index in [0.29, 0.717) is 19.4 Å². The van der Waals surface area contributed by atoms with Crippen LogP contribution in [0.15, 0.2) is 60.8 Å². The molecule has 6 nitrogen and oxygen atoms in total. The van der Waals surface area contributed by atoms with Crippen molar-refractivity contribution in [3.63, 3.8) is 0 Å². The van der Waals surface area contributed by atoms with Crippen LogP contribution in [0, 0.1) is 0 Å². The summed E-state index contributed by atoms with van der Waals surface area (Å²) in [6.07, 6.45) is 69.4. The molecular formula is C59H107NO5. The quantitative estimate of drug-likeness (QED) is 0.0245. The molecule has 0 aliphatic heterocycles. The number of esters is 1. The van der Waals surface area contributed by atoms with Gasteiger partial charge in [0.1, 0.15) is 0 Å². The Kier molecular flexibility index (Phi) is 52.1.